The average Bonchev–Trinajstić information content (AvgIpc) is 2.72. The molecular weight excluding hydrogens is 403 g/mol. The van der Waals surface area contributed by atoms with Gasteiger partial charge in [-0.1, -0.05) is 24.3 Å². The zero-order chi connectivity index (χ0) is 21.6. The molecule has 1 atom stereocenters. The third kappa shape index (κ3) is 3.08. The molecule has 2 heterocycles. The predicted molar refractivity (Wildman–Crippen MR) is 99.6 cm³/mol. The molecule has 3 aromatic rings. The second-order valence-corrected chi connectivity index (χ2v) is 6.55. The summed E-state index contributed by atoms with van der Waals surface area (Å²) in [5.41, 5.74) is 4.51. The van der Waals surface area contributed by atoms with E-state index in [0.717, 1.165) is 19.2 Å². The van der Waals surface area contributed by atoms with Crippen LogP contribution in [0.5, 0.6) is 5.75 Å². The number of hydrogen-bond acceptors (Lipinski definition) is 6. The number of esters is 1. The summed E-state index contributed by atoms with van der Waals surface area (Å²) in [4.78, 5) is 25.2. The third-order valence-electron chi connectivity index (χ3n) is 4.83. The lowest BCUT2D eigenvalue weighted by molar-refractivity contribution is -0.138. The highest BCUT2D eigenvalue weighted by Crippen LogP contribution is 2.44. The standard InChI is InChI=1S/C21H14F3NO5/c1-28-19(26)16-14(10-6-8-11(9-7-10)21(22,23)24)15-17(30-18(16)25)12-4-2-3-5-13(12)29-20(15)27/h2-9,14H,25H2,1H3. The third-order valence-corrected chi connectivity index (χ3v) is 4.83. The fourth-order valence-electron chi connectivity index (χ4n) is 3.47. The van der Waals surface area contributed by atoms with Crippen LogP contribution in [-0.2, 0) is 15.7 Å². The number of alkyl halides is 3. The highest BCUT2D eigenvalue weighted by molar-refractivity contribution is 5.94. The number of hydrogen-bond donors (Lipinski definition) is 1. The van der Waals surface area contributed by atoms with Gasteiger partial charge in [0.25, 0.3) is 0 Å². The van der Waals surface area contributed by atoms with Gasteiger partial charge in [0.15, 0.2) is 5.75 Å². The lowest BCUT2D eigenvalue weighted by Gasteiger charge is -2.27. The number of para-hydroxylation sites is 1. The summed E-state index contributed by atoms with van der Waals surface area (Å²) < 4.78 is 54.6. The van der Waals surface area contributed by atoms with E-state index in [1.807, 2.05) is 0 Å². The topological polar surface area (TPSA) is 91.8 Å². The lowest BCUT2D eigenvalue weighted by Crippen LogP contribution is -2.30. The van der Waals surface area contributed by atoms with E-state index in [1.165, 1.54) is 12.1 Å². The van der Waals surface area contributed by atoms with Gasteiger partial charge in [-0.25, -0.2) is 9.59 Å². The quantitative estimate of drug-likeness (QED) is 0.505. The Kier molecular flexibility index (Phi) is 4.53. The normalized spacial score (nSPS) is 16.2. The minimum atomic E-state index is -4.54. The van der Waals surface area contributed by atoms with E-state index in [1.54, 1.807) is 24.3 Å². The Balaban J connectivity index is 2.00. The van der Waals surface area contributed by atoms with Crippen LogP contribution in [0.15, 0.2) is 69.2 Å². The van der Waals surface area contributed by atoms with Crippen LogP contribution in [0.1, 0.15) is 22.6 Å². The predicted octanol–water partition coefficient (Wildman–Crippen LogP) is 3.68. The molecule has 0 spiro atoms. The average molecular weight is 417 g/mol. The summed E-state index contributed by atoms with van der Waals surface area (Å²) in [5, 5.41) is 0.427. The molecule has 0 bridgehead atoms. The molecular formula is C21H14F3NO5. The van der Waals surface area contributed by atoms with E-state index >= 15 is 0 Å². The Morgan fingerprint density at radius 3 is 2.40 bits per heavy atom. The Hall–Kier alpha value is -3.75. The number of halogens is 3. The van der Waals surface area contributed by atoms with Gasteiger partial charge < -0.3 is 19.6 Å². The monoisotopic (exact) mass is 417 g/mol. The van der Waals surface area contributed by atoms with Gasteiger partial charge in [-0.2, -0.15) is 13.2 Å². The molecule has 1 aliphatic rings. The first-order chi connectivity index (χ1) is 14.2. The van der Waals surface area contributed by atoms with Crippen LogP contribution < -0.4 is 16.1 Å². The van der Waals surface area contributed by atoms with E-state index in [-0.39, 0.29) is 33.9 Å². The van der Waals surface area contributed by atoms with Crippen LogP contribution in [0.4, 0.5) is 13.2 Å². The number of benzene rings is 2. The van der Waals surface area contributed by atoms with Crippen molar-refractivity contribution in [3.8, 4) is 5.75 Å². The molecule has 0 saturated heterocycles. The fraction of sp³-hybridized carbons (Fsp3) is 0.143. The molecule has 0 aliphatic carbocycles. The zero-order valence-corrected chi connectivity index (χ0v) is 15.4. The van der Waals surface area contributed by atoms with Crippen LogP contribution in [0.25, 0.3) is 11.0 Å². The van der Waals surface area contributed by atoms with Gasteiger partial charge in [-0.3, -0.25) is 0 Å². The van der Waals surface area contributed by atoms with Gasteiger partial charge in [0, 0.05) is 0 Å². The van der Waals surface area contributed by atoms with Crippen LogP contribution in [0.3, 0.4) is 0 Å². The van der Waals surface area contributed by atoms with Gasteiger partial charge in [0.05, 0.1) is 29.5 Å². The van der Waals surface area contributed by atoms with Crippen molar-refractivity contribution in [1.82, 2.24) is 0 Å². The SMILES string of the molecule is COC(=O)C1=C(N)Oc2c(c(=O)oc3ccccc23)C1c1ccc(C(F)(F)F)cc1. The van der Waals surface area contributed by atoms with E-state index < -0.39 is 29.3 Å². The van der Waals surface area contributed by atoms with Gasteiger partial charge in [0.2, 0.25) is 5.88 Å². The minimum absolute atomic E-state index is 0.0527. The molecule has 154 valence electrons. The number of carbonyl (C=O) groups excluding carboxylic acids is 1. The van der Waals surface area contributed by atoms with Crippen molar-refractivity contribution >= 4 is 16.9 Å². The molecule has 0 radical (unpaired) electrons. The van der Waals surface area contributed by atoms with Crippen molar-refractivity contribution < 1.29 is 31.9 Å². The van der Waals surface area contributed by atoms with Gasteiger partial charge >= 0.3 is 17.8 Å². The van der Waals surface area contributed by atoms with Gasteiger partial charge in [-0.05, 0) is 29.8 Å². The molecule has 0 saturated carbocycles. The number of ether oxygens (including phenoxy) is 2. The summed E-state index contributed by atoms with van der Waals surface area (Å²) in [7, 11) is 1.12. The van der Waals surface area contributed by atoms with Crippen molar-refractivity contribution in [3.63, 3.8) is 0 Å². The molecule has 0 fully saturated rings. The van der Waals surface area contributed by atoms with Crippen molar-refractivity contribution in [3.05, 3.63) is 87.1 Å². The summed E-state index contributed by atoms with van der Waals surface area (Å²) in [5.74, 6) is -2.24. The first-order valence-electron chi connectivity index (χ1n) is 8.71. The number of methoxy groups -OCH3 is 1. The summed E-state index contributed by atoms with van der Waals surface area (Å²) in [6.07, 6.45) is -4.54. The van der Waals surface area contributed by atoms with E-state index in [9.17, 15) is 22.8 Å². The van der Waals surface area contributed by atoms with Crippen molar-refractivity contribution in [2.24, 2.45) is 5.73 Å². The molecule has 30 heavy (non-hydrogen) atoms. The smallest absolute Gasteiger partial charge is 0.416 e. The zero-order valence-electron chi connectivity index (χ0n) is 15.4. The number of carbonyl (C=O) groups is 1. The van der Waals surface area contributed by atoms with Crippen molar-refractivity contribution in [2.75, 3.05) is 7.11 Å². The maximum Gasteiger partial charge on any atom is 0.416 e. The van der Waals surface area contributed by atoms with Crippen LogP contribution in [0, 0.1) is 0 Å². The molecule has 9 heteroatoms. The lowest BCUT2D eigenvalue weighted by atomic mass is 9.83. The molecule has 0 amide bonds. The largest absolute Gasteiger partial charge is 0.465 e. The second-order valence-electron chi connectivity index (χ2n) is 6.55. The Morgan fingerprint density at radius 1 is 1.10 bits per heavy atom. The fourth-order valence-corrected chi connectivity index (χ4v) is 3.47. The summed E-state index contributed by atoms with van der Waals surface area (Å²) >= 11 is 0. The molecule has 6 nitrogen and oxygen atoms in total. The van der Waals surface area contributed by atoms with Crippen molar-refractivity contribution in [1.29, 1.82) is 0 Å². The summed E-state index contributed by atoms with van der Waals surface area (Å²) in [6.45, 7) is 0. The van der Waals surface area contributed by atoms with Gasteiger partial charge in [-0.15, -0.1) is 0 Å². The molecule has 4 rings (SSSR count). The molecule has 2 N–H and O–H groups in total. The number of nitrogens with two attached hydrogens (primary N) is 1. The van der Waals surface area contributed by atoms with Crippen LogP contribution in [-0.4, -0.2) is 13.1 Å². The number of fused-ring (bicyclic) bond motifs is 3. The molecule has 1 aromatic heterocycles. The van der Waals surface area contributed by atoms with Crippen LogP contribution in [0.2, 0.25) is 0 Å². The highest BCUT2D eigenvalue weighted by atomic mass is 19.4. The van der Waals surface area contributed by atoms with Crippen LogP contribution >= 0.6 is 0 Å². The first-order valence-corrected chi connectivity index (χ1v) is 8.71. The number of rotatable bonds is 2. The second kappa shape index (κ2) is 6.94. The Morgan fingerprint density at radius 2 is 1.77 bits per heavy atom. The highest BCUT2D eigenvalue weighted by Gasteiger charge is 2.39. The van der Waals surface area contributed by atoms with E-state index in [4.69, 9.17) is 19.6 Å². The first kappa shape index (κ1) is 19.6. The molecule has 1 unspecified atom stereocenters. The van der Waals surface area contributed by atoms with E-state index in [0.29, 0.717) is 5.39 Å². The van der Waals surface area contributed by atoms with Gasteiger partial charge in [0.1, 0.15) is 11.2 Å². The Labute approximate surface area is 167 Å². The van der Waals surface area contributed by atoms with E-state index in [2.05, 4.69) is 0 Å². The molecule has 2 aromatic carbocycles. The maximum absolute atomic E-state index is 13.0. The maximum atomic E-state index is 13.0. The van der Waals surface area contributed by atoms with Crippen molar-refractivity contribution in [2.45, 2.75) is 12.1 Å². The minimum Gasteiger partial charge on any atom is -0.465 e. The summed E-state index contributed by atoms with van der Waals surface area (Å²) in [6, 6.07) is 10.6. The Bertz CT molecular complexity index is 1240. The molecule has 1 aliphatic heterocycles.